The van der Waals surface area contributed by atoms with E-state index in [0.29, 0.717) is 0 Å². The molecule has 1 aromatic heterocycles. The van der Waals surface area contributed by atoms with Crippen LogP contribution in [0.15, 0.2) is 0 Å². The van der Waals surface area contributed by atoms with Crippen LogP contribution in [0.3, 0.4) is 0 Å². The fourth-order valence-electron chi connectivity index (χ4n) is 2.27. The smallest absolute Gasteiger partial charge is 0.125 e. The average molecular weight is 298 g/mol. The summed E-state index contributed by atoms with van der Waals surface area (Å²) in [6.45, 7) is 14.0. The van der Waals surface area contributed by atoms with Crippen molar-refractivity contribution in [3.05, 3.63) is 15.6 Å². The lowest BCUT2D eigenvalue weighted by Gasteiger charge is -2.27. The van der Waals surface area contributed by atoms with E-state index in [0.717, 1.165) is 30.8 Å². The minimum absolute atomic E-state index is 0.128. The summed E-state index contributed by atoms with van der Waals surface area (Å²) < 4.78 is 5.81. The standard InChI is InChI=1S/C16H30N2OS/c1-8-12-13(11-17-15(4,5)6)20-14(18-12)16(9-2,10-3)19-7/h17H,8-11H2,1-7H3. The molecule has 0 radical (unpaired) electrons. The molecular formula is C16H30N2OS. The number of aromatic nitrogens is 1. The Hall–Kier alpha value is -0.450. The van der Waals surface area contributed by atoms with Crippen molar-refractivity contribution in [3.63, 3.8) is 0 Å². The summed E-state index contributed by atoms with van der Waals surface area (Å²) in [5.41, 5.74) is 1.13. The Morgan fingerprint density at radius 2 is 1.75 bits per heavy atom. The van der Waals surface area contributed by atoms with E-state index in [2.05, 4.69) is 46.9 Å². The zero-order valence-electron chi connectivity index (χ0n) is 14.1. The summed E-state index contributed by atoms with van der Waals surface area (Å²) in [7, 11) is 1.80. The molecule has 20 heavy (non-hydrogen) atoms. The molecule has 0 aliphatic carbocycles. The predicted octanol–water partition coefficient (Wildman–Crippen LogP) is 4.26. The van der Waals surface area contributed by atoms with Gasteiger partial charge in [0.1, 0.15) is 10.6 Å². The number of aryl methyl sites for hydroxylation is 1. The molecule has 0 saturated carbocycles. The first-order valence-electron chi connectivity index (χ1n) is 7.61. The highest BCUT2D eigenvalue weighted by molar-refractivity contribution is 7.11. The van der Waals surface area contributed by atoms with Crippen molar-refractivity contribution in [2.45, 2.75) is 78.5 Å². The molecular weight excluding hydrogens is 268 g/mol. The van der Waals surface area contributed by atoms with Gasteiger partial charge in [-0.25, -0.2) is 4.98 Å². The maximum atomic E-state index is 5.81. The van der Waals surface area contributed by atoms with Crippen LogP contribution in [-0.4, -0.2) is 17.6 Å². The van der Waals surface area contributed by atoms with Gasteiger partial charge in [-0.2, -0.15) is 0 Å². The topological polar surface area (TPSA) is 34.1 Å². The first kappa shape index (κ1) is 17.6. The maximum Gasteiger partial charge on any atom is 0.125 e. The molecule has 1 N–H and O–H groups in total. The molecule has 0 amide bonds. The van der Waals surface area contributed by atoms with Gasteiger partial charge in [0.25, 0.3) is 0 Å². The average Bonchev–Trinajstić information content (AvgIpc) is 2.82. The quantitative estimate of drug-likeness (QED) is 0.817. The molecule has 0 bridgehead atoms. The van der Waals surface area contributed by atoms with Crippen molar-refractivity contribution < 1.29 is 4.74 Å². The van der Waals surface area contributed by atoms with Crippen LogP contribution in [0.1, 0.15) is 70.0 Å². The van der Waals surface area contributed by atoms with E-state index in [1.807, 2.05) is 0 Å². The van der Waals surface area contributed by atoms with Crippen molar-refractivity contribution in [2.75, 3.05) is 7.11 Å². The Kier molecular flexibility index (Phi) is 6.17. The number of thiazole rings is 1. The molecule has 0 unspecified atom stereocenters. The Balaban J connectivity index is 3.04. The summed E-state index contributed by atoms with van der Waals surface area (Å²) in [5.74, 6) is 0. The van der Waals surface area contributed by atoms with Gasteiger partial charge in [-0.15, -0.1) is 11.3 Å². The summed E-state index contributed by atoms with van der Waals surface area (Å²) in [6.07, 6.45) is 2.90. The van der Waals surface area contributed by atoms with Crippen molar-refractivity contribution in [3.8, 4) is 0 Å². The fourth-order valence-corrected chi connectivity index (χ4v) is 3.67. The van der Waals surface area contributed by atoms with Crippen LogP contribution in [0.5, 0.6) is 0 Å². The van der Waals surface area contributed by atoms with E-state index in [1.165, 1.54) is 10.6 Å². The van der Waals surface area contributed by atoms with Crippen molar-refractivity contribution in [2.24, 2.45) is 0 Å². The van der Waals surface area contributed by atoms with E-state index in [9.17, 15) is 0 Å². The molecule has 0 spiro atoms. The zero-order valence-corrected chi connectivity index (χ0v) is 14.9. The van der Waals surface area contributed by atoms with Gasteiger partial charge < -0.3 is 10.1 Å². The highest BCUT2D eigenvalue weighted by atomic mass is 32.1. The number of hydrogen-bond acceptors (Lipinski definition) is 4. The van der Waals surface area contributed by atoms with E-state index < -0.39 is 0 Å². The summed E-state index contributed by atoms with van der Waals surface area (Å²) in [4.78, 5) is 6.22. The van der Waals surface area contributed by atoms with Crippen LogP contribution < -0.4 is 5.32 Å². The van der Waals surface area contributed by atoms with E-state index in [4.69, 9.17) is 9.72 Å². The number of nitrogens with zero attached hydrogens (tertiary/aromatic N) is 1. The SMILES string of the molecule is CCc1nc(C(CC)(CC)OC)sc1CNC(C)(C)C. The largest absolute Gasteiger partial charge is 0.371 e. The van der Waals surface area contributed by atoms with Crippen LogP contribution >= 0.6 is 11.3 Å². The van der Waals surface area contributed by atoms with E-state index in [-0.39, 0.29) is 11.1 Å². The van der Waals surface area contributed by atoms with Crippen LogP contribution in [0.2, 0.25) is 0 Å². The third kappa shape index (κ3) is 4.03. The molecule has 1 aromatic rings. The minimum Gasteiger partial charge on any atom is -0.371 e. The summed E-state index contributed by atoms with van der Waals surface area (Å²) in [5, 5.41) is 4.69. The zero-order chi connectivity index (χ0) is 15.4. The van der Waals surface area contributed by atoms with Crippen LogP contribution in [0, 0.1) is 0 Å². The van der Waals surface area contributed by atoms with Gasteiger partial charge in [0, 0.05) is 24.1 Å². The fraction of sp³-hybridized carbons (Fsp3) is 0.812. The van der Waals surface area contributed by atoms with Gasteiger partial charge in [-0.3, -0.25) is 0 Å². The number of rotatable bonds is 7. The lowest BCUT2D eigenvalue weighted by atomic mass is 9.98. The number of methoxy groups -OCH3 is 1. The number of ether oxygens (including phenoxy) is 1. The third-order valence-corrected chi connectivity index (χ3v) is 5.10. The molecule has 0 fully saturated rings. The summed E-state index contributed by atoms with van der Waals surface area (Å²) in [6, 6.07) is 0. The first-order chi connectivity index (χ1) is 9.31. The van der Waals surface area contributed by atoms with Crippen LogP contribution in [0.25, 0.3) is 0 Å². The molecule has 0 aliphatic rings. The molecule has 3 nitrogen and oxygen atoms in total. The Morgan fingerprint density at radius 1 is 1.15 bits per heavy atom. The monoisotopic (exact) mass is 298 g/mol. The predicted molar refractivity (Wildman–Crippen MR) is 87.4 cm³/mol. The first-order valence-corrected chi connectivity index (χ1v) is 8.42. The van der Waals surface area contributed by atoms with E-state index in [1.54, 1.807) is 18.4 Å². The molecule has 0 atom stereocenters. The van der Waals surface area contributed by atoms with Crippen LogP contribution in [0.4, 0.5) is 0 Å². The molecule has 1 heterocycles. The second kappa shape index (κ2) is 7.01. The highest BCUT2D eigenvalue weighted by Crippen LogP contribution is 2.36. The molecule has 116 valence electrons. The van der Waals surface area contributed by atoms with Crippen molar-refractivity contribution in [1.29, 1.82) is 0 Å². The molecule has 1 rings (SSSR count). The van der Waals surface area contributed by atoms with Crippen molar-refractivity contribution >= 4 is 11.3 Å². The molecule has 0 aromatic carbocycles. The maximum absolute atomic E-state index is 5.81. The van der Waals surface area contributed by atoms with Crippen molar-refractivity contribution in [1.82, 2.24) is 10.3 Å². The molecule has 4 heteroatoms. The second-order valence-corrected chi connectivity index (χ2v) is 7.34. The lowest BCUT2D eigenvalue weighted by molar-refractivity contribution is -0.0219. The number of hydrogen-bond donors (Lipinski definition) is 1. The number of nitrogens with one attached hydrogen (secondary N) is 1. The van der Waals surface area contributed by atoms with Gasteiger partial charge in [0.2, 0.25) is 0 Å². The Morgan fingerprint density at radius 3 is 2.15 bits per heavy atom. The van der Waals surface area contributed by atoms with Gasteiger partial charge in [0.05, 0.1) is 5.69 Å². The highest BCUT2D eigenvalue weighted by Gasteiger charge is 2.32. The van der Waals surface area contributed by atoms with Gasteiger partial charge in [-0.1, -0.05) is 20.8 Å². The van der Waals surface area contributed by atoms with Gasteiger partial charge in [0.15, 0.2) is 0 Å². The Labute approximate surface area is 128 Å². The normalized spacial score (nSPS) is 12.9. The van der Waals surface area contributed by atoms with Gasteiger partial charge in [-0.05, 0) is 40.0 Å². The van der Waals surface area contributed by atoms with Gasteiger partial charge >= 0.3 is 0 Å². The molecule has 0 saturated heterocycles. The molecule has 0 aliphatic heterocycles. The van der Waals surface area contributed by atoms with E-state index >= 15 is 0 Å². The minimum atomic E-state index is -0.214. The lowest BCUT2D eigenvalue weighted by Crippen LogP contribution is -2.35. The summed E-state index contributed by atoms with van der Waals surface area (Å²) >= 11 is 1.81. The second-order valence-electron chi connectivity index (χ2n) is 6.25. The Bertz CT molecular complexity index is 408. The third-order valence-electron chi connectivity index (χ3n) is 3.82. The van der Waals surface area contributed by atoms with Crippen LogP contribution in [-0.2, 0) is 23.3 Å².